The van der Waals surface area contributed by atoms with Crippen molar-refractivity contribution in [1.82, 2.24) is 9.55 Å². The van der Waals surface area contributed by atoms with Crippen LogP contribution in [0.3, 0.4) is 0 Å². The predicted octanol–water partition coefficient (Wildman–Crippen LogP) is 12.2. The fourth-order valence-electron chi connectivity index (χ4n) is 7.87. The quantitative estimate of drug-likeness (QED) is 0.184. The van der Waals surface area contributed by atoms with Crippen LogP contribution in [0, 0.1) is 0 Å². The highest BCUT2D eigenvalue weighted by Gasteiger charge is 2.19. The average molecular weight is 589 g/mol. The fraction of sp³-hybridized carbons (Fsp3) is 0. The van der Waals surface area contributed by atoms with Gasteiger partial charge in [-0.2, -0.15) is 0 Å². The normalized spacial score (nSPS) is 12.4. The third kappa shape index (κ3) is 3.13. The van der Waals surface area contributed by atoms with Crippen molar-refractivity contribution in [2.75, 3.05) is 0 Å². The molecule has 45 heavy (non-hydrogen) atoms. The minimum atomic E-state index is 1.19. The highest BCUT2D eigenvalue weighted by molar-refractivity contribution is 7.26. The van der Waals surface area contributed by atoms with Crippen LogP contribution in [-0.2, 0) is 0 Å². The lowest BCUT2D eigenvalue weighted by molar-refractivity contribution is 1.18. The van der Waals surface area contributed by atoms with Crippen molar-refractivity contribution >= 4 is 107 Å². The second-order valence-electron chi connectivity index (χ2n) is 12.2. The van der Waals surface area contributed by atoms with Gasteiger partial charge in [0.25, 0.3) is 0 Å². The number of benzene rings is 8. The van der Waals surface area contributed by atoms with Crippen molar-refractivity contribution in [3.05, 3.63) is 140 Å². The number of nitrogens with one attached hydrogen (secondary N) is 1. The predicted molar refractivity (Wildman–Crippen MR) is 196 cm³/mol. The molecule has 0 amide bonds. The Labute approximate surface area is 261 Å². The molecule has 0 unspecified atom stereocenters. The van der Waals surface area contributed by atoms with Crippen LogP contribution in [0.5, 0.6) is 0 Å². The smallest absolute Gasteiger partial charge is 0.0555 e. The molecule has 0 aliphatic rings. The number of fused-ring (bicyclic) bond motifs is 15. The van der Waals surface area contributed by atoms with Gasteiger partial charge in [-0.05, 0) is 75.5 Å². The largest absolute Gasteiger partial charge is 0.354 e. The van der Waals surface area contributed by atoms with Crippen LogP contribution in [0.1, 0.15) is 0 Å². The lowest BCUT2D eigenvalue weighted by atomic mass is 9.96. The number of nitrogens with zero attached hydrogens (tertiary/aromatic N) is 1. The lowest BCUT2D eigenvalue weighted by Crippen LogP contribution is -1.92. The summed E-state index contributed by atoms with van der Waals surface area (Å²) in [5, 5.41) is 15.5. The first-order valence-corrected chi connectivity index (χ1v) is 16.3. The van der Waals surface area contributed by atoms with Gasteiger partial charge in [0.05, 0.1) is 16.6 Å². The molecule has 0 fully saturated rings. The maximum Gasteiger partial charge on any atom is 0.0555 e. The maximum atomic E-state index is 3.87. The Kier molecular flexibility index (Phi) is 4.49. The van der Waals surface area contributed by atoms with Gasteiger partial charge < -0.3 is 9.55 Å². The summed E-state index contributed by atoms with van der Waals surface area (Å²) in [6, 6.07) is 51.5. The summed E-state index contributed by atoms with van der Waals surface area (Å²) in [4.78, 5) is 3.87. The Morgan fingerprint density at radius 2 is 1.02 bits per heavy atom. The van der Waals surface area contributed by atoms with Gasteiger partial charge >= 0.3 is 0 Å². The molecule has 0 aliphatic heterocycles. The van der Waals surface area contributed by atoms with Crippen LogP contribution in [0.15, 0.2) is 140 Å². The first kappa shape index (κ1) is 23.8. The fourth-order valence-corrected chi connectivity index (χ4v) is 9.01. The third-order valence-corrected chi connectivity index (χ3v) is 11.0. The van der Waals surface area contributed by atoms with Gasteiger partial charge in [0.15, 0.2) is 0 Å². The Balaban J connectivity index is 1.27. The zero-order valence-corrected chi connectivity index (χ0v) is 25.0. The van der Waals surface area contributed by atoms with Crippen LogP contribution < -0.4 is 0 Å². The zero-order chi connectivity index (χ0) is 29.2. The summed E-state index contributed by atoms with van der Waals surface area (Å²) < 4.78 is 5.08. The van der Waals surface area contributed by atoms with Gasteiger partial charge in [-0.1, -0.05) is 91.0 Å². The summed E-state index contributed by atoms with van der Waals surface area (Å²) in [5.74, 6) is 0. The number of H-pyrrole nitrogens is 1. The molecule has 3 heteroatoms. The van der Waals surface area contributed by atoms with E-state index in [1.54, 1.807) is 0 Å². The van der Waals surface area contributed by atoms with Crippen LogP contribution in [0.2, 0.25) is 0 Å². The van der Waals surface area contributed by atoms with E-state index < -0.39 is 0 Å². The number of aromatic nitrogens is 2. The summed E-state index contributed by atoms with van der Waals surface area (Å²) in [6.45, 7) is 0. The second kappa shape index (κ2) is 8.50. The number of rotatable bonds is 1. The van der Waals surface area contributed by atoms with E-state index >= 15 is 0 Å². The van der Waals surface area contributed by atoms with Gasteiger partial charge in [-0.15, -0.1) is 11.3 Å². The van der Waals surface area contributed by atoms with E-state index in [1.165, 1.54) is 102 Å². The van der Waals surface area contributed by atoms with Crippen molar-refractivity contribution in [2.45, 2.75) is 0 Å². The van der Waals surface area contributed by atoms with Crippen LogP contribution in [0.4, 0.5) is 0 Å². The molecule has 2 nitrogen and oxygen atoms in total. The minimum absolute atomic E-state index is 1.19. The Hall–Kier alpha value is -5.64. The number of aromatic amines is 1. The first-order valence-electron chi connectivity index (χ1n) is 15.4. The van der Waals surface area contributed by atoms with E-state index in [4.69, 9.17) is 0 Å². The van der Waals surface area contributed by atoms with Crippen molar-refractivity contribution in [2.24, 2.45) is 0 Å². The van der Waals surface area contributed by atoms with Gasteiger partial charge in [0, 0.05) is 58.3 Å². The SMILES string of the molecule is c1ccc(-n2c3cc4ccccc4cc3c3cc4c(cc32)sc2cc3c(cc24)[nH]c2c4ccccc4c4ccccc4c32)cc1. The Morgan fingerprint density at radius 3 is 1.84 bits per heavy atom. The third-order valence-electron chi connectivity index (χ3n) is 9.84. The molecule has 11 rings (SSSR count). The van der Waals surface area contributed by atoms with E-state index in [9.17, 15) is 0 Å². The summed E-state index contributed by atoms with van der Waals surface area (Å²) >= 11 is 1.90. The topological polar surface area (TPSA) is 20.7 Å². The molecule has 1 N–H and O–H groups in total. The summed E-state index contributed by atoms with van der Waals surface area (Å²) in [7, 11) is 0. The number of hydrogen-bond donors (Lipinski definition) is 1. The monoisotopic (exact) mass is 588 g/mol. The van der Waals surface area contributed by atoms with E-state index in [2.05, 4.69) is 149 Å². The molecule has 0 bridgehead atoms. The number of thiophene rings is 1. The maximum absolute atomic E-state index is 3.87. The van der Waals surface area contributed by atoms with Gasteiger partial charge in [-0.3, -0.25) is 0 Å². The molecule has 8 aromatic carbocycles. The summed E-state index contributed by atoms with van der Waals surface area (Å²) in [6.07, 6.45) is 0. The second-order valence-corrected chi connectivity index (χ2v) is 13.3. The highest BCUT2D eigenvalue weighted by atomic mass is 32.1. The molecule has 0 saturated carbocycles. The van der Waals surface area contributed by atoms with Crippen molar-refractivity contribution < 1.29 is 0 Å². The minimum Gasteiger partial charge on any atom is -0.354 e. The number of hydrogen-bond acceptors (Lipinski definition) is 1. The lowest BCUT2D eigenvalue weighted by Gasteiger charge is -2.08. The van der Waals surface area contributed by atoms with Crippen molar-refractivity contribution in [1.29, 1.82) is 0 Å². The molecule has 0 spiro atoms. The molecule has 3 heterocycles. The average Bonchev–Trinajstić information content (AvgIpc) is 3.74. The molecule has 208 valence electrons. The zero-order valence-electron chi connectivity index (χ0n) is 24.1. The van der Waals surface area contributed by atoms with Crippen molar-refractivity contribution in [3.8, 4) is 5.69 Å². The first-order chi connectivity index (χ1) is 22.3. The molecule has 0 saturated heterocycles. The molecular formula is C42H24N2S. The van der Waals surface area contributed by atoms with Gasteiger partial charge in [-0.25, -0.2) is 0 Å². The van der Waals surface area contributed by atoms with E-state index in [0.717, 1.165) is 0 Å². The van der Waals surface area contributed by atoms with Crippen molar-refractivity contribution in [3.63, 3.8) is 0 Å². The molecule has 11 aromatic rings. The van der Waals surface area contributed by atoms with E-state index in [1.807, 2.05) is 11.3 Å². The van der Waals surface area contributed by atoms with Crippen LogP contribution in [-0.4, -0.2) is 9.55 Å². The van der Waals surface area contributed by atoms with Crippen LogP contribution >= 0.6 is 11.3 Å². The van der Waals surface area contributed by atoms with Crippen LogP contribution in [0.25, 0.3) is 102 Å². The standard InChI is InChI=1S/C42H24N2S/c1-2-12-26(13-3-1)44-37-19-25-11-5-4-10-24(25)18-31(37)32-20-33-34-21-36-35(22-39(34)45-40(33)23-38(32)44)41-29-16-8-6-14-27(29)28-15-7-9-17-30(28)42(41)43-36/h1-23,43H. The van der Waals surface area contributed by atoms with E-state index in [0.29, 0.717) is 0 Å². The number of para-hydroxylation sites is 1. The molecule has 3 aromatic heterocycles. The molecule has 0 radical (unpaired) electrons. The van der Waals surface area contributed by atoms with Gasteiger partial charge in [0.1, 0.15) is 0 Å². The highest BCUT2D eigenvalue weighted by Crippen LogP contribution is 2.45. The Bertz CT molecular complexity index is 3030. The Morgan fingerprint density at radius 1 is 0.422 bits per heavy atom. The molecule has 0 aliphatic carbocycles. The van der Waals surface area contributed by atoms with Gasteiger partial charge in [0.2, 0.25) is 0 Å². The molecule has 0 atom stereocenters. The summed E-state index contributed by atoms with van der Waals surface area (Å²) in [5.41, 5.74) is 6.10. The molecular weight excluding hydrogens is 565 g/mol. The van der Waals surface area contributed by atoms with E-state index in [-0.39, 0.29) is 0 Å².